The smallest absolute Gasteiger partial charge is 0.251 e. The van der Waals surface area contributed by atoms with Crippen LogP contribution in [0.2, 0.25) is 0 Å². The zero-order valence-electron chi connectivity index (χ0n) is 14.2. The zero-order valence-corrected chi connectivity index (χ0v) is 14.2. The molecule has 1 aromatic carbocycles. The van der Waals surface area contributed by atoms with E-state index in [1.165, 1.54) is 24.3 Å². The molecule has 2 amide bonds. The van der Waals surface area contributed by atoms with Crippen LogP contribution in [-0.2, 0) is 4.79 Å². The first-order valence-electron chi connectivity index (χ1n) is 8.50. The molecule has 1 saturated heterocycles. The van der Waals surface area contributed by atoms with Crippen LogP contribution in [0.25, 0.3) is 0 Å². The van der Waals surface area contributed by atoms with Crippen LogP contribution >= 0.6 is 0 Å². The number of hydrogen-bond acceptors (Lipinski definition) is 3. The summed E-state index contributed by atoms with van der Waals surface area (Å²) in [6.45, 7) is 5.33. The fourth-order valence-electron chi connectivity index (χ4n) is 2.76. The van der Waals surface area contributed by atoms with Gasteiger partial charge in [-0.3, -0.25) is 9.59 Å². The summed E-state index contributed by atoms with van der Waals surface area (Å²) in [5, 5.41) is 9.06. The van der Waals surface area contributed by atoms with Crippen LogP contribution in [0, 0.1) is 11.2 Å². The van der Waals surface area contributed by atoms with E-state index in [1.54, 1.807) is 0 Å². The Hall–Kier alpha value is -1.95. The lowest BCUT2D eigenvalue weighted by molar-refractivity contribution is -0.121. The maximum atomic E-state index is 12.8. The van der Waals surface area contributed by atoms with Crippen molar-refractivity contribution in [3.8, 4) is 0 Å². The van der Waals surface area contributed by atoms with Crippen LogP contribution in [-0.4, -0.2) is 38.0 Å². The van der Waals surface area contributed by atoms with Crippen molar-refractivity contribution in [1.29, 1.82) is 0 Å². The summed E-state index contributed by atoms with van der Waals surface area (Å²) < 4.78 is 12.8. The average molecular weight is 335 g/mol. The minimum Gasteiger partial charge on any atom is -0.356 e. The minimum atomic E-state index is -0.370. The van der Waals surface area contributed by atoms with Gasteiger partial charge in [0.1, 0.15) is 5.82 Å². The van der Waals surface area contributed by atoms with Crippen molar-refractivity contribution >= 4 is 11.8 Å². The number of hydrogen-bond donors (Lipinski definition) is 3. The molecule has 0 radical (unpaired) electrons. The van der Waals surface area contributed by atoms with Crippen molar-refractivity contribution in [3.05, 3.63) is 35.6 Å². The lowest BCUT2D eigenvalue weighted by atomic mass is 9.81. The second-order valence-electron chi connectivity index (χ2n) is 6.70. The molecule has 1 aliphatic heterocycles. The van der Waals surface area contributed by atoms with Gasteiger partial charge in [-0.2, -0.15) is 0 Å². The van der Waals surface area contributed by atoms with E-state index in [4.69, 9.17) is 0 Å². The van der Waals surface area contributed by atoms with Gasteiger partial charge in [0, 0.05) is 25.1 Å². The Balaban J connectivity index is 1.60. The minimum absolute atomic E-state index is 0.0192. The Morgan fingerprint density at radius 1 is 1.17 bits per heavy atom. The number of piperidine rings is 1. The molecule has 3 N–H and O–H groups in total. The summed E-state index contributed by atoms with van der Waals surface area (Å²) in [6, 6.07) is 5.39. The molecule has 0 atom stereocenters. The monoisotopic (exact) mass is 335 g/mol. The van der Waals surface area contributed by atoms with Crippen LogP contribution < -0.4 is 16.0 Å². The summed E-state index contributed by atoms with van der Waals surface area (Å²) >= 11 is 0. The molecule has 132 valence electrons. The molecule has 1 fully saturated rings. The highest BCUT2D eigenvalue weighted by atomic mass is 19.1. The maximum absolute atomic E-state index is 12.8. The highest BCUT2D eigenvalue weighted by molar-refractivity contribution is 5.94. The van der Waals surface area contributed by atoms with Crippen LogP contribution in [0.3, 0.4) is 0 Å². The zero-order chi connectivity index (χ0) is 17.4. The van der Waals surface area contributed by atoms with Crippen molar-refractivity contribution in [2.24, 2.45) is 5.41 Å². The van der Waals surface area contributed by atoms with E-state index < -0.39 is 0 Å². The number of nitrogens with one attached hydrogen (secondary N) is 3. The third kappa shape index (κ3) is 5.92. The first-order chi connectivity index (χ1) is 11.5. The van der Waals surface area contributed by atoms with Crippen LogP contribution in [0.4, 0.5) is 4.39 Å². The van der Waals surface area contributed by atoms with Gasteiger partial charge >= 0.3 is 0 Å². The highest BCUT2D eigenvalue weighted by Gasteiger charge is 2.26. The van der Waals surface area contributed by atoms with E-state index in [-0.39, 0.29) is 23.0 Å². The topological polar surface area (TPSA) is 70.2 Å². The number of amides is 2. The van der Waals surface area contributed by atoms with Gasteiger partial charge in [-0.05, 0) is 62.0 Å². The molecule has 0 aliphatic carbocycles. The summed E-state index contributed by atoms with van der Waals surface area (Å²) in [6.07, 6.45) is 3.11. The quantitative estimate of drug-likeness (QED) is 0.666. The van der Waals surface area contributed by atoms with E-state index in [0.29, 0.717) is 31.5 Å². The van der Waals surface area contributed by atoms with Gasteiger partial charge in [-0.25, -0.2) is 4.39 Å². The fraction of sp³-hybridized carbons (Fsp3) is 0.556. The Labute approximate surface area is 142 Å². The Bertz CT molecular complexity index is 554. The van der Waals surface area contributed by atoms with E-state index in [1.807, 2.05) is 0 Å². The van der Waals surface area contributed by atoms with Gasteiger partial charge in [0.05, 0.1) is 0 Å². The van der Waals surface area contributed by atoms with Crippen molar-refractivity contribution in [3.63, 3.8) is 0 Å². The first kappa shape index (κ1) is 18.4. The molecule has 0 aromatic heterocycles. The van der Waals surface area contributed by atoms with E-state index in [2.05, 4.69) is 22.9 Å². The molecule has 1 aliphatic rings. The first-order valence-corrected chi connectivity index (χ1v) is 8.50. The van der Waals surface area contributed by atoms with E-state index in [9.17, 15) is 14.0 Å². The normalized spacial score (nSPS) is 16.4. The summed E-state index contributed by atoms with van der Waals surface area (Å²) in [5.74, 6) is -0.603. The van der Waals surface area contributed by atoms with Gasteiger partial charge in [0.2, 0.25) is 5.91 Å². The lowest BCUT2D eigenvalue weighted by Crippen LogP contribution is -2.43. The molecular formula is C18H26FN3O2. The molecule has 0 saturated carbocycles. The molecule has 5 nitrogen and oxygen atoms in total. The lowest BCUT2D eigenvalue weighted by Gasteiger charge is -2.34. The summed E-state index contributed by atoms with van der Waals surface area (Å²) in [4.78, 5) is 23.7. The number of rotatable bonds is 7. The number of halogens is 1. The predicted molar refractivity (Wildman–Crippen MR) is 91.2 cm³/mol. The molecule has 24 heavy (non-hydrogen) atoms. The molecule has 1 aromatic rings. The Morgan fingerprint density at radius 2 is 1.83 bits per heavy atom. The predicted octanol–water partition coefficient (Wildman–Crippen LogP) is 1.84. The van der Waals surface area contributed by atoms with Crippen molar-refractivity contribution < 1.29 is 14.0 Å². The van der Waals surface area contributed by atoms with E-state index in [0.717, 1.165) is 25.9 Å². The van der Waals surface area contributed by atoms with Crippen LogP contribution in [0.5, 0.6) is 0 Å². The standard InChI is InChI=1S/C18H26FN3O2/c1-18(8-11-20-12-9-18)13-22-16(23)3-2-10-21-17(24)14-4-6-15(19)7-5-14/h4-7,20H,2-3,8-13H2,1H3,(H,21,24)(H,22,23). The maximum Gasteiger partial charge on any atom is 0.251 e. The Kier molecular flexibility index (Phi) is 6.73. The van der Waals surface area contributed by atoms with Crippen LogP contribution in [0.15, 0.2) is 24.3 Å². The Morgan fingerprint density at radius 3 is 2.50 bits per heavy atom. The molecule has 0 bridgehead atoms. The number of benzene rings is 1. The molecule has 2 rings (SSSR count). The second kappa shape index (κ2) is 8.78. The molecular weight excluding hydrogens is 309 g/mol. The van der Waals surface area contributed by atoms with Crippen molar-refractivity contribution in [2.45, 2.75) is 32.6 Å². The van der Waals surface area contributed by atoms with Gasteiger partial charge < -0.3 is 16.0 Å². The summed E-state index contributed by atoms with van der Waals surface area (Å²) in [7, 11) is 0. The van der Waals surface area contributed by atoms with Crippen molar-refractivity contribution in [1.82, 2.24) is 16.0 Å². The molecule has 0 unspecified atom stereocenters. The van der Waals surface area contributed by atoms with Gasteiger partial charge in [0.25, 0.3) is 5.91 Å². The summed E-state index contributed by atoms with van der Waals surface area (Å²) in [5.41, 5.74) is 0.595. The second-order valence-corrected chi connectivity index (χ2v) is 6.70. The van der Waals surface area contributed by atoms with Gasteiger partial charge in [-0.1, -0.05) is 6.92 Å². The fourth-order valence-corrected chi connectivity index (χ4v) is 2.76. The molecule has 6 heteroatoms. The largest absolute Gasteiger partial charge is 0.356 e. The van der Waals surface area contributed by atoms with Crippen LogP contribution in [0.1, 0.15) is 43.0 Å². The number of carbonyl (C=O) groups excluding carboxylic acids is 2. The van der Waals surface area contributed by atoms with Crippen molar-refractivity contribution in [2.75, 3.05) is 26.2 Å². The van der Waals surface area contributed by atoms with E-state index >= 15 is 0 Å². The highest BCUT2D eigenvalue weighted by Crippen LogP contribution is 2.26. The average Bonchev–Trinajstić information content (AvgIpc) is 2.58. The van der Waals surface area contributed by atoms with Gasteiger partial charge in [-0.15, -0.1) is 0 Å². The molecule has 1 heterocycles. The molecule has 0 spiro atoms. The third-order valence-electron chi connectivity index (χ3n) is 4.50. The number of carbonyl (C=O) groups is 2. The van der Waals surface area contributed by atoms with Gasteiger partial charge in [0.15, 0.2) is 0 Å². The third-order valence-corrected chi connectivity index (χ3v) is 4.50. The SMILES string of the molecule is CC1(CNC(=O)CCCNC(=O)c2ccc(F)cc2)CCNCC1.